The van der Waals surface area contributed by atoms with Crippen LogP contribution in [0.15, 0.2) is 77.7 Å². The zero-order valence-electron chi connectivity index (χ0n) is 15.2. The summed E-state index contributed by atoms with van der Waals surface area (Å²) in [5.74, 6) is 0.777. The van der Waals surface area contributed by atoms with Gasteiger partial charge in [-0.05, 0) is 47.9 Å². The lowest BCUT2D eigenvalue weighted by Gasteiger charge is -2.08. The van der Waals surface area contributed by atoms with Gasteiger partial charge in [0.15, 0.2) is 0 Å². The number of nitrogens with zero attached hydrogens (tertiary/aromatic N) is 1. The van der Waals surface area contributed by atoms with Gasteiger partial charge in [-0.15, -0.1) is 0 Å². The van der Waals surface area contributed by atoms with E-state index in [4.69, 9.17) is 4.74 Å². The molecule has 0 aliphatic carbocycles. The average Bonchev–Trinajstić information content (AvgIpc) is 2.70. The highest BCUT2D eigenvalue weighted by Crippen LogP contribution is 2.14. The number of methoxy groups -OCH3 is 1. The first kappa shape index (κ1) is 18.5. The second-order valence-corrected chi connectivity index (χ2v) is 6.26. The van der Waals surface area contributed by atoms with Gasteiger partial charge in [-0.3, -0.25) is 9.59 Å². The summed E-state index contributed by atoms with van der Waals surface area (Å²) in [6, 6.07) is 20.4. The van der Waals surface area contributed by atoms with Crippen LogP contribution in [-0.2, 0) is 17.8 Å². The number of anilines is 1. The Morgan fingerprint density at radius 3 is 2.33 bits per heavy atom. The third-order valence-corrected chi connectivity index (χ3v) is 4.29. The maximum Gasteiger partial charge on any atom is 0.250 e. The molecule has 1 aromatic heterocycles. The Morgan fingerprint density at radius 1 is 0.963 bits per heavy atom. The molecule has 0 radical (unpaired) electrons. The average molecular weight is 362 g/mol. The van der Waals surface area contributed by atoms with Crippen LogP contribution in [0.25, 0.3) is 0 Å². The summed E-state index contributed by atoms with van der Waals surface area (Å²) in [5, 5.41) is 2.91. The molecule has 0 saturated carbocycles. The molecule has 0 unspecified atom stereocenters. The third-order valence-electron chi connectivity index (χ3n) is 4.29. The Hall–Kier alpha value is -3.34. The Bertz CT molecular complexity index is 944. The first-order valence-corrected chi connectivity index (χ1v) is 8.81. The van der Waals surface area contributed by atoms with E-state index in [0.717, 1.165) is 22.6 Å². The van der Waals surface area contributed by atoms with Crippen molar-refractivity contribution in [3.63, 3.8) is 0 Å². The summed E-state index contributed by atoms with van der Waals surface area (Å²) in [6.45, 7) is 0.505. The summed E-state index contributed by atoms with van der Waals surface area (Å²) in [4.78, 5) is 23.9. The molecule has 5 nitrogen and oxygen atoms in total. The van der Waals surface area contributed by atoms with Crippen LogP contribution in [0.4, 0.5) is 5.69 Å². The number of hydrogen-bond donors (Lipinski definition) is 1. The van der Waals surface area contributed by atoms with E-state index in [1.807, 2.05) is 54.6 Å². The summed E-state index contributed by atoms with van der Waals surface area (Å²) in [5.41, 5.74) is 2.81. The fourth-order valence-electron chi connectivity index (χ4n) is 2.76. The number of carbonyl (C=O) groups is 1. The van der Waals surface area contributed by atoms with Crippen molar-refractivity contribution >= 4 is 11.6 Å². The fourth-order valence-corrected chi connectivity index (χ4v) is 2.76. The molecule has 0 bridgehead atoms. The van der Waals surface area contributed by atoms with E-state index in [1.165, 1.54) is 6.07 Å². The smallest absolute Gasteiger partial charge is 0.250 e. The summed E-state index contributed by atoms with van der Waals surface area (Å²) in [6.07, 6.45) is 2.84. The highest BCUT2D eigenvalue weighted by atomic mass is 16.5. The minimum atomic E-state index is -0.0339. The molecule has 1 N–H and O–H groups in total. The SMILES string of the molecule is COc1ccc(CCC(=O)Nc2ccc(Cn3ccccc3=O)cc2)cc1. The quantitative estimate of drug-likeness (QED) is 0.700. The van der Waals surface area contributed by atoms with Crippen molar-refractivity contribution in [3.8, 4) is 5.75 Å². The van der Waals surface area contributed by atoms with Gasteiger partial charge >= 0.3 is 0 Å². The summed E-state index contributed by atoms with van der Waals surface area (Å²) >= 11 is 0. The van der Waals surface area contributed by atoms with Crippen molar-refractivity contribution < 1.29 is 9.53 Å². The maximum absolute atomic E-state index is 12.1. The number of rotatable bonds is 7. The fraction of sp³-hybridized carbons (Fsp3) is 0.182. The second kappa shape index (κ2) is 8.85. The van der Waals surface area contributed by atoms with E-state index < -0.39 is 0 Å². The molecular weight excluding hydrogens is 340 g/mol. The molecule has 0 atom stereocenters. The predicted molar refractivity (Wildman–Crippen MR) is 106 cm³/mol. The predicted octanol–water partition coefficient (Wildman–Crippen LogP) is 3.48. The van der Waals surface area contributed by atoms with E-state index in [9.17, 15) is 9.59 Å². The van der Waals surface area contributed by atoms with Crippen LogP contribution in [0.3, 0.4) is 0 Å². The van der Waals surface area contributed by atoms with Gasteiger partial charge in [-0.2, -0.15) is 0 Å². The number of pyridine rings is 1. The zero-order chi connectivity index (χ0) is 19.1. The van der Waals surface area contributed by atoms with Crippen LogP contribution >= 0.6 is 0 Å². The minimum absolute atomic E-state index is 0.0298. The molecule has 2 aromatic carbocycles. The highest BCUT2D eigenvalue weighted by Gasteiger charge is 2.04. The maximum atomic E-state index is 12.1. The number of aromatic nitrogens is 1. The van der Waals surface area contributed by atoms with Crippen LogP contribution in [0.2, 0.25) is 0 Å². The lowest BCUT2D eigenvalue weighted by atomic mass is 10.1. The summed E-state index contributed by atoms with van der Waals surface area (Å²) in [7, 11) is 1.63. The van der Waals surface area contributed by atoms with Gasteiger partial charge in [0, 0.05) is 24.4 Å². The molecule has 27 heavy (non-hydrogen) atoms. The number of hydrogen-bond acceptors (Lipinski definition) is 3. The second-order valence-electron chi connectivity index (χ2n) is 6.26. The number of amides is 1. The van der Waals surface area contributed by atoms with Crippen LogP contribution in [0.5, 0.6) is 5.75 Å². The van der Waals surface area contributed by atoms with Crippen LogP contribution < -0.4 is 15.6 Å². The number of carbonyl (C=O) groups excluding carboxylic acids is 1. The molecule has 0 spiro atoms. The molecule has 3 rings (SSSR count). The number of benzene rings is 2. The Labute approximate surface area is 158 Å². The molecule has 138 valence electrons. The Morgan fingerprint density at radius 2 is 1.67 bits per heavy atom. The van der Waals surface area contributed by atoms with Crippen molar-refractivity contribution in [3.05, 3.63) is 94.4 Å². The van der Waals surface area contributed by atoms with Gasteiger partial charge in [0.05, 0.1) is 13.7 Å². The minimum Gasteiger partial charge on any atom is -0.497 e. The molecule has 1 amide bonds. The normalized spacial score (nSPS) is 10.4. The molecule has 0 aliphatic rings. The number of aryl methyl sites for hydroxylation is 1. The monoisotopic (exact) mass is 362 g/mol. The van der Waals surface area contributed by atoms with E-state index in [1.54, 1.807) is 23.9 Å². The van der Waals surface area contributed by atoms with E-state index >= 15 is 0 Å². The molecule has 5 heteroatoms. The van der Waals surface area contributed by atoms with Crippen LogP contribution in [0.1, 0.15) is 17.5 Å². The highest BCUT2D eigenvalue weighted by molar-refractivity contribution is 5.90. The Balaban J connectivity index is 1.52. The number of nitrogens with one attached hydrogen (secondary N) is 1. The standard InChI is InChI=1S/C22H22N2O3/c1-27-20-12-7-17(8-13-20)9-14-21(25)23-19-10-5-18(6-11-19)16-24-15-3-2-4-22(24)26/h2-8,10-13,15H,9,14,16H2,1H3,(H,23,25). The lowest BCUT2D eigenvalue weighted by Crippen LogP contribution is -2.18. The molecular formula is C22H22N2O3. The Kier molecular flexibility index (Phi) is 6.05. The van der Waals surface area contributed by atoms with Gasteiger partial charge in [0.2, 0.25) is 5.91 Å². The topological polar surface area (TPSA) is 60.3 Å². The first-order chi connectivity index (χ1) is 13.1. The lowest BCUT2D eigenvalue weighted by molar-refractivity contribution is -0.116. The van der Waals surface area contributed by atoms with Crippen molar-refractivity contribution in [2.45, 2.75) is 19.4 Å². The van der Waals surface area contributed by atoms with Gasteiger partial charge in [-0.1, -0.05) is 30.3 Å². The van der Waals surface area contributed by atoms with Crippen molar-refractivity contribution in [2.75, 3.05) is 12.4 Å². The molecule has 0 fully saturated rings. The van der Waals surface area contributed by atoms with Gasteiger partial charge < -0.3 is 14.6 Å². The van der Waals surface area contributed by atoms with E-state index in [0.29, 0.717) is 19.4 Å². The van der Waals surface area contributed by atoms with E-state index in [2.05, 4.69) is 5.32 Å². The molecule has 0 aliphatic heterocycles. The van der Waals surface area contributed by atoms with Gasteiger partial charge in [0.1, 0.15) is 5.75 Å². The molecule has 1 heterocycles. The van der Waals surface area contributed by atoms with Crippen molar-refractivity contribution in [1.82, 2.24) is 4.57 Å². The van der Waals surface area contributed by atoms with Crippen LogP contribution in [-0.4, -0.2) is 17.6 Å². The summed E-state index contributed by atoms with van der Waals surface area (Å²) < 4.78 is 6.77. The molecule has 0 saturated heterocycles. The zero-order valence-corrected chi connectivity index (χ0v) is 15.2. The van der Waals surface area contributed by atoms with E-state index in [-0.39, 0.29) is 11.5 Å². The van der Waals surface area contributed by atoms with Gasteiger partial charge in [-0.25, -0.2) is 0 Å². The third kappa shape index (κ3) is 5.31. The van der Waals surface area contributed by atoms with Crippen LogP contribution in [0, 0.1) is 0 Å². The van der Waals surface area contributed by atoms with Crippen molar-refractivity contribution in [1.29, 1.82) is 0 Å². The first-order valence-electron chi connectivity index (χ1n) is 8.81. The number of ether oxygens (including phenoxy) is 1. The van der Waals surface area contributed by atoms with Crippen molar-refractivity contribution in [2.24, 2.45) is 0 Å². The van der Waals surface area contributed by atoms with Gasteiger partial charge in [0.25, 0.3) is 5.56 Å². The largest absolute Gasteiger partial charge is 0.497 e. The molecule has 3 aromatic rings.